The van der Waals surface area contributed by atoms with Crippen LogP contribution in [0.5, 0.6) is 5.88 Å². The van der Waals surface area contributed by atoms with E-state index in [-0.39, 0.29) is 12.0 Å². The third-order valence-electron chi connectivity index (χ3n) is 1.76. The Balaban J connectivity index is 3.00. The monoisotopic (exact) mass is 258 g/mol. The van der Waals surface area contributed by atoms with Crippen molar-refractivity contribution in [1.29, 1.82) is 0 Å². The number of hydrogen-bond acceptors (Lipinski definition) is 3. The number of aromatic nitrogens is 1. The second kappa shape index (κ2) is 5.83. The molecule has 0 radical (unpaired) electrons. The van der Waals surface area contributed by atoms with Crippen molar-refractivity contribution in [1.82, 2.24) is 4.98 Å². The maximum Gasteiger partial charge on any atom is 0.235 e. The number of rotatable bonds is 4. The van der Waals surface area contributed by atoms with E-state index in [0.29, 0.717) is 22.4 Å². The molecular formula is C11H12Cl2N2O. The molecule has 0 aliphatic carbocycles. The van der Waals surface area contributed by atoms with Crippen LogP contribution in [0.15, 0.2) is 6.07 Å². The van der Waals surface area contributed by atoms with Gasteiger partial charge in [0.25, 0.3) is 0 Å². The molecule has 0 saturated heterocycles. The third kappa shape index (κ3) is 3.19. The van der Waals surface area contributed by atoms with E-state index < -0.39 is 0 Å². The van der Waals surface area contributed by atoms with E-state index in [1.807, 2.05) is 6.92 Å². The zero-order valence-corrected chi connectivity index (χ0v) is 10.6. The van der Waals surface area contributed by atoms with Gasteiger partial charge in [0.1, 0.15) is 10.8 Å². The number of hydrogen-bond donors (Lipinski definition) is 1. The second-order valence-corrected chi connectivity index (χ2v) is 3.88. The predicted molar refractivity (Wildman–Crippen MR) is 67.3 cm³/mol. The number of anilines is 1. The molecule has 1 rings (SSSR count). The minimum Gasteiger partial charge on any atom is -0.460 e. The van der Waals surface area contributed by atoms with Gasteiger partial charge in [-0.25, -0.2) is 0 Å². The first kappa shape index (κ1) is 13.0. The Morgan fingerprint density at radius 3 is 2.81 bits per heavy atom. The standard InChI is InChI=1S/C11H12Cl2N2O/c1-4-7(3)16-11-9(13)6-8(12)10(15-11)14-5-2/h1,6-7H,5H2,2-3H3,(H,14,15). The lowest BCUT2D eigenvalue weighted by atomic mass is 10.4. The highest BCUT2D eigenvalue weighted by molar-refractivity contribution is 6.36. The van der Waals surface area contributed by atoms with Gasteiger partial charge in [-0.1, -0.05) is 29.1 Å². The zero-order chi connectivity index (χ0) is 12.1. The first-order chi connectivity index (χ1) is 7.58. The van der Waals surface area contributed by atoms with Crippen molar-refractivity contribution in [2.45, 2.75) is 20.0 Å². The Kier molecular flexibility index (Phi) is 4.72. The van der Waals surface area contributed by atoms with Gasteiger partial charge in [-0.05, 0) is 19.9 Å². The largest absolute Gasteiger partial charge is 0.460 e. The summed E-state index contributed by atoms with van der Waals surface area (Å²) in [5, 5.41) is 3.79. The maximum absolute atomic E-state index is 5.95. The molecule has 86 valence electrons. The van der Waals surface area contributed by atoms with E-state index in [0.717, 1.165) is 0 Å². The molecule has 0 spiro atoms. The molecule has 1 heterocycles. The van der Waals surface area contributed by atoms with Crippen LogP contribution in [0.4, 0.5) is 5.82 Å². The molecular weight excluding hydrogens is 247 g/mol. The van der Waals surface area contributed by atoms with Gasteiger partial charge in [-0.15, -0.1) is 6.42 Å². The van der Waals surface area contributed by atoms with Crippen LogP contribution >= 0.6 is 23.2 Å². The first-order valence-electron chi connectivity index (χ1n) is 4.81. The van der Waals surface area contributed by atoms with Crippen molar-refractivity contribution in [2.24, 2.45) is 0 Å². The van der Waals surface area contributed by atoms with Crippen molar-refractivity contribution in [2.75, 3.05) is 11.9 Å². The summed E-state index contributed by atoms with van der Waals surface area (Å²) < 4.78 is 5.36. The Labute approximate surface area is 105 Å². The SMILES string of the molecule is C#CC(C)Oc1nc(NCC)c(Cl)cc1Cl. The molecule has 0 bridgehead atoms. The molecule has 0 saturated carbocycles. The molecule has 1 atom stereocenters. The normalized spacial score (nSPS) is 11.7. The third-order valence-corrected chi connectivity index (χ3v) is 2.32. The number of nitrogens with one attached hydrogen (secondary N) is 1. The fourth-order valence-electron chi connectivity index (χ4n) is 1.03. The number of halogens is 2. The molecule has 0 fully saturated rings. The van der Waals surface area contributed by atoms with Crippen LogP contribution in [-0.2, 0) is 0 Å². The highest BCUT2D eigenvalue weighted by Gasteiger charge is 2.11. The van der Waals surface area contributed by atoms with E-state index in [1.165, 1.54) is 0 Å². The van der Waals surface area contributed by atoms with Crippen molar-refractivity contribution in [3.05, 3.63) is 16.1 Å². The summed E-state index contributed by atoms with van der Waals surface area (Å²) in [6, 6.07) is 1.58. The van der Waals surface area contributed by atoms with Gasteiger partial charge >= 0.3 is 0 Å². The summed E-state index contributed by atoms with van der Waals surface area (Å²) in [5.41, 5.74) is 0. The fourth-order valence-corrected chi connectivity index (χ4v) is 1.50. The zero-order valence-electron chi connectivity index (χ0n) is 9.05. The lowest BCUT2D eigenvalue weighted by Gasteiger charge is -2.12. The van der Waals surface area contributed by atoms with Gasteiger partial charge < -0.3 is 10.1 Å². The Bertz CT molecular complexity index is 415. The van der Waals surface area contributed by atoms with E-state index >= 15 is 0 Å². The summed E-state index contributed by atoms with van der Waals surface area (Å²) in [6.07, 6.45) is 4.82. The van der Waals surface area contributed by atoms with Crippen molar-refractivity contribution in [3.8, 4) is 18.2 Å². The maximum atomic E-state index is 5.95. The minimum atomic E-state index is -0.388. The molecule has 5 heteroatoms. The van der Waals surface area contributed by atoms with Crippen molar-refractivity contribution < 1.29 is 4.74 Å². The number of ether oxygens (including phenoxy) is 1. The van der Waals surface area contributed by atoms with Crippen LogP contribution in [0.3, 0.4) is 0 Å². The highest BCUT2D eigenvalue weighted by atomic mass is 35.5. The summed E-state index contributed by atoms with van der Waals surface area (Å²) >= 11 is 11.9. The van der Waals surface area contributed by atoms with Crippen LogP contribution in [0.2, 0.25) is 10.0 Å². The summed E-state index contributed by atoms with van der Waals surface area (Å²) in [5.74, 6) is 3.25. The predicted octanol–water partition coefficient (Wildman–Crippen LogP) is 3.22. The Hall–Kier alpha value is -1.11. The summed E-state index contributed by atoms with van der Waals surface area (Å²) in [7, 11) is 0. The number of pyridine rings is 1. The molecule has 1 aromatic rings. The molecule has 0 aromatic carbocycles. The Morgan fingerprint density at radius 1 is 1.56 bits per heavy atom. The van der Waals surface area contributed by atoms with Gasteiger partial charge in [0.2, 0.25) is 5.88 Å². The van der Waals surface area contributed by atoms with Crippen LogP contribution in [-0.4, -0.2) is 17.6 Å². The van der Waals surface area contributed by atoms with E-state index in [4.69, 9.17) is 34.4 Å². The lowest BCUT2D eigenvalue weighted by Crippen LogP contribution is -2.11. The minimum absolute atomic E-state index is 0.285. The molecule has 1 unspecified atom stereocenters. The molecule has 0 aliphatic rings. The topological polar surface area (TPSA) is 34.1 Å². The highest BCUT2D eigenvalue weighted by Crippen LogP contribution is 2.31. The molecule has 1 N–H and O–H groups in total. The number of terminal acetylenes is 1. The molecule has 3 nitrogen and oxygen atoms in total. The fraction of sp³-hybridized carbons (Fsp3) is 0.364. The van der Waals surface area contributed by atoms with E-state index in [9.17, 15) is 0 Å². The van der Waals surface area contributed by atoms with E-state index in [2.05, 4.69) is 16.2 Å². The van der Waals surface area contributed by atoms with Gasteiger partial charge in [0, 0.05) is 6.54 Å². The first-order valence-corrected chi connectivity index (χ1v) is 5.56. The average Bonchev–Trinajstić information content (AvgIpc) is 2.25. The molecule has 16 heavy (non-hydrogen) atoms. The average molecular weight is 259 g/mol. The summed E-state index contributed by atoms with van der Waals surface area (Å²) in [4.78, 5) is 4.16. The molecule has 1 aromatic heterocycles. The van der Waals surface area contributed by atoms with E-state index in [1.54, 1.807) is 13.0 Å². The van der Waals surface area contributed by atoms with Crippen molar-refractivity contribution in [3.63, 3.8) is 0 Å². The quantitative estimate of drug-likeness (QED) is 0.843. The smallest absolute Gasteiger partial charge is 0.235 e. The van der Waals surface area contributed by atoms with Gasteiger partial charge in [0.15, 0.2) is 6.10 Å². The van der Waals surface area contributed by atoms with Crippen LogP contribution in [0, 0.1) is 12.3 Å². The van der Waals surface area contributed by atoms with Gasteiger partial charge in [0.05, 0.1) is 5.02 Å². The second-order valence-electron chi connectivity index (χ2n) is 3.06. The number of nitrogens with zero attached hydrogens (tertiary/aromatic N) is 1. The van der Waals surface area contributed by atoms with Crippen molar-refractivity contribution >= 4 is 29.0 Å². The van der Waals surface area contributed by atoms with Crippen LogP contribution in [0.25, 0.3) is 0 Å². The van der Waals surface area contributed by atoms with Gasteiger partial charge in [-0.2, -0.15) is 4.98 Å². The van der Waals surface area contributed by atoms with Gasteiger partial charge in [-0.3, -0.25) is 0 Å². The molecule has 0 amide bonds. The van der Waals surface area contributed by atoms with Crippen LogP contribution < -0.4 is 10.1 Å². The lowest BCUT2D eigenvalue weighted by molar-refractivity contribution is 0.268. The Morgan fingerprint density at radius 2 is 2.25 bits per heavy atom. The summed E-state index contributed by atoms with van der Waals surface area (Å²) in [6.45, 7) is 4.38. The van der Waals surface area contributed by atoms with Crippen LogP contribution in [0.1, 0.15) is 13.8 Å². The molecule has 0 aliphatic heterocycles.